The van der Waals surface area contributed by atoms with E-state index in [1.807, 2.05) is 0 Å². The zero-order chi connectivity index (χ0) is 14.0. The first-order valence-corrected chi connectivity index (χ1v) is 7.10. The van der Waals surface area contributed by atoms with Gasteiger partial charge in [0.1, 0.15) is 5.82 Å². The molecule has 104 valence electrons. The molecule has 1 heterocycles. The van der Waals surface area contributed by atoms with Crippen LogP contribution < -0.4 is 0 Å². The van der Waals surface area contributed by atoms with Crippen LogP contribution in [0.15, 0.2) is 22.7 Å². The third-order valence-electron chi connectivity index (χ3n) is 3.87. The second-order valence-electron chi connectivity index (χ2n) is 5.39. The molecule has 1 N–H and O–H groups in total. The Morgan fingerprint density at radius 2 is 2.11 bits per heavy atom. The molecule has 0 aliphatic carbocycles. The summed E-state index contributed by atoms with van der Waals surface area (Å²) in [6.45, 7) is 4.06. The van der Waals surface area contributed by atoms with Gasteiger partial charge in [0.2, 0.25) is 0 Å². The molecule has 0 unspecified atom stereocenters. The summed E-state index contributed by atoms with van der Waals surface area (Å²) in [6.07, 6.45) is 1.31. The minimum absolute atomic E-state index is 0.263. The molecule has 0 amide bonds. The Morgan fingerprint density at radius 3 is 2.63 bits per heavy atom. The fourth-order valence-corrected chi connectivity index (χ4v) is 2.74. The maximum absolute atomic E-state index is 13.1. The van der Waals surface area contributed by atoms with E-state index in [9.17, 15) is 14.3 Å². The second kappa shape index (κ2) is 5.59. The zero-order valence-electron chi connectivity index (χ0n) is 10.8. The summed E-state index contributed by atoms with van der Waals surface area (Å²) < 4.78 is 13.6. The van der Waals surface area contributed by atoms with Crippen molar-refractivity contribution in [1.29, 1.82) is 0 Å². The molecule has 1 aromatic rings. The van der Waals surface area contributed by atoms with E-state index in [2.05, 4.69) is 20.8 Å². The van der Waals surface area contributed by atoms with Crippen LogP contribution in [0.25, 0.3) is 0 Å². The molecule has 0 aromatic heterocycles. The van der Waals surface area contributed by atoms with Gasteiger partial charge in [-0.05, 0) is 66.5 Å². The third kappa shape index (κ3) is 3.34. The number of aliphatic carboxylic acids is 1. The highest BCUT2D eigenvalue weighted by Gasteiger charge is 2.36. The van der Waals surface area contributed by atoms with Gasteiger partial charge >= 0.3 is 5.97 Å². The molecule has 1 aliphatic rings. The summed E-state index contributed by atoms with van der Waals surface area (Å²) in [5, 5.41) is 9.17. The normalized spacial score (nSPS) is 19.3. The fraction of sp³-hybridized carbons (Fsp3) is 0.500. The topological polar surface area (TPSA) is 40.5 Å². The maximum atomic E-state index is 13.1. The number of benzene rings is 1. The number of rotatable bonds is 3. The molecular formula is C14H17BrFNO2. The first kappa shape index (κ1) is 14.5. The number of nitrogens with zero attached hydrogens (tertiary/aromatic N) is 1. The molecule has 5 heteroatoms. The highest BCUT2D eigenvalue weighted by Crippen LogP contribution is 2.31. The number of piperidine rings is 1. The van der Waals surface area contributed by atoms with Crippen LogP contribution in [-0.4, -0.2) is 29.1 Å². The van der Waals surface area contributed by atoms with Gasteiger partial charge in [-0.3, -0.25) is 9.69 Å². The van der Waals surface area contributed by atoms with Gasteiger partial charge < -0.3 is 5.11 Å². The highest BCUT2D eigenvalue weighted by atomic mass is 79.9. The smallest absolute Gasteiger partial charge is 0.309 e. The van der Waals surface area contributed by atoms with Crippen molar-refractivity contribution < 1.29 is 14.3 Å². The molecule has 0 atom stereocenters. The van der Waals surface area contributed by atoms with Crippen molar-refractivity contribution in [3.05, 3.63) is 34.1 Å². The molecule has 0 spiro atoms. The van der Waals surface area contributed by atoms with Crippen molar-refractivity contribution in [2.24, 2.45) is 5.41 Å². The van der Waals surface area contributed by atoms with Gasteiger partial charge in [-0.25, -0.2) is 4.39 Å². The van der Waals surface area contributed by atoms with Crippen molar-refractivity contribution in [2.45, 2.75) is 26.3 Å². The van der Waals surface area contributed by atoms with Crippen LogP contribution in [-0.2, 0) is 11.3 Å². The number of hydrogen-bond donors (Lipinski definition) is 1. The van der Waals surface area contributed by atoms with E-state index in [4.69, 9.17) is 0 Å². The Hall–Kier alpha value is -0.940. The first-order valence-electron chi connectivity index (χ1n) is 6.30. The van der Waals surface area contributed by atoms with Crippen molar-refractivity contribution in [3.63, 3.8) is 0 Å². The van der Waals surface area contributed by atoms with E-state index in [0.29, 0.717) is 17.3 Å². The van der Waals surface area contributed by atoms with Crippen molar-refractivity contribution in [3.8, 4) is 0 Å². The number of carbonyl (C=O) groups is 1. The molecule has 0 bridgehead atoms. The summed E-state index contributed by atoms with van der Waals surface area (Å²) in [6, 6.07) is 5.00. The van der Waals surface area contributed by atoms with Crippen LogP contribution in [0.5, 0.6) is 0 Å². The van der Waals surface area contributed by atoms with Gasteiger partial charge in [-0.1, -0.05) is 6.07 Å². The first-order chi connectivity index (χ1) is 8.90. The lowest BCUT2D eigenvalue weighted by Crippen LogP contribution is -2.42. The van der Waals surface area contributed by atoms with Crippen molar-refractivity contribution in [1.82, 2.24) is 4.90 Å². The largest absolute Gasteiger partial charge is 0.481 e. The zero-order valence-corrected chi connectivity index (χ0v) is 12.4. The van der Waals surface area contributed by atoms with E-state index in [0.717, 1.165) is 25.2 Å². The number of likely N-dealkylation sites (tertiary alicyclic amines) is 1. The van der Waals surface area contributed by atoms with E-state index < -0.39 is 11.4 Å². The molecule has 3 nitrogen and oxygen atoms in total. The van der Waals surface area contributed by atoms with Gasteiger partial charge in [0.15, 0.2) is 0 Å². The summed E-state index contributed by atoms with van der Waals surface area (Å²) >= 11 is 3.18. The Morgan fingerprint density at radius 1 is 1.47 bits per heavy atom. The van der Waals surface area contributed by atoms with E-state index in [-0.39, 0.29) is 5.82 Å². The lowest BCUT2D eigenvalue weighted by molar-refractivity contribution is -0.150. The summed E-state index contributed by atoms with van der Waals surface area (Å²) in [7, 11) is 0. The molecule has 0 saturated carbocycles. The Balaban J connectivity index is 1.95. The quantitative estimate of drug-likeness (QED) is 0.925. The molecule has 1 aliphatic heterocycles. The Kier molecular flexibility index (Phi) is 4.26. The SMILES string of the molecule is CC1(C(=O)O)CCN(Cc2ccc(F)c(Br)c2)CC1. The van der Waals surface area contributed by atoms with Gasteiger partial charge in [0.25, 0.3) is 0 Å². The fourth-order valence-electron chi connectivity index (χ4n) is 2.31. The minimum Gasteiger partial charge on any atom is -0.481 e. The minimum atomic E-state index is -0.711. The summed E-state index contributed by atoms with van der Waals surface area (Å²) in [5.74, 6) is -0.975. The summed E-state index contributed by atoms with van der Waals surface area (Å²) in [5.41, 5.74) is 0.437. The predicted molar refractivity (Wildman–Crippen MR) is 74.4 cm³/mol. The average molecular weight is 330 g/mol. The third-order valence-corrected chi connectivity index (χ3v) is 4.47. The average Bonchev–Trinajstić information content (AvgIpc) is 2.37. The van der Waals surface area contributed by atoms with Crippen molar-refractivity contribution in [2.75, 3.05) is 13.1 Å². The molecule has 1 saturated heterocycles. The molecule has 0 radical (unpaired) electrons. The van der Waals surface area contributed by atoms with E-state index in [1.54, 1.807) is 19.1 Å². The van der Waals surface area contributed by atoms with Gasteiger partial charge in [0, 0.05) is 6.54 Å². The highest BCUT2D eigenvalue weighted by molar-refractivity contribution is 9.10. The lowest BCUT2D eigenvalue weighted by atomic mass is 9.80. The monoisotopic (exact) mass is 329 g/mol. The molecular weight excluding hydrogens is 313 g/mol. The number of carboxylic acid groups (broad SMARTS) is 1. The van der Waals surface area contributed by atoms with Crippen LogP contribution in [0.1, 0.15) is 25.3 Å². The number of halogens is 2. The van der Waals surface area contributed by atoms with Gasteiger partial charge in [-0.15, -0.1) is 0 Å². The van der Waals surface area contributed by atoms with E-state index in [1.165, 1.54) is 6.07 Å². The lowest BCUT2D eigenvalue weighted by Gasteiger charge is -2.36. The number of carboxylic acids is 1. The maximum Gasteiger partial charge on any atom is 0.309 e. The van der Waals surface area contributed by atoms with Crippen molar-refractivity contribution >= 4 is 21.9 Å². The molecule has 1 fully saturated rings. The van der Waals surface area contributed by atoms with Crippen LogP contribution in [0.2, 0.25) is 0 Å². The van der Waals surface area contributed by atoms with Crippen LogP contribution in [0, 0.1) is 11.2 Å². The standard InChI is InChI=1S/C14H17BrFNO2/c1-14(13(18)19)4-6-17(7-5-14)9-10-2-3-12(16)11(15)8-10/h2-3,8H,4-7,9H2,1H3,(H,18,19). The van der Waals surface area contributed by atoms with Gasteiger partial charge in [-0.2, -0.15) is 0 Å². The summed E-state index contributed by atoms with van der Waals surface area (Å²) in [4.78, 5) is 13.4. The van der Waals surface area contributed by atoms with Crippen LogP contribution in [0.3, 0.4) is 0 Å². The Bertz CT molecular complexity index is 484. The number of hydrogen-bond acceptors (Lipinski definition) is 2. The molecule has 1 aromatic carbocycles. The van der Waals surface area contributed by atoms with Crippen LogP contribution >= 0.6 is 15.9 Å². The van der Waals surface area contributed by atoms with Crippen LogP contribution in [0.4, 0.5) is 4.39 Å². The second-order valence-corrected chi connectivity index (χ2v) is 6.24. The Labute approximate surface area is 120 Å². The molecule has 19 heavy (non-hydrogen) atoms. The van der Waals surface area contributed by atoms with Gasteiger partial charge in [0.05, 0.1) is 9.89 Å². The predicted octanol–water partition coefficient (Wildman–Crippen LogP) is 3.27. The molecule has 2 rings (SSSR count). The van der Waals surface area contributed by atoms with E-state index >= 15 is 0 Å².